The molecule has 0 spiro atoms. The number of hydrogen-bond acceptors (Lipinski definition) is 4. The van der Waals surface area contributed by atoms with Crippen molar-refractivity contribution >= 4 is 11.6 Å². The van der Waals surface area contributed by atoms with Crippen LogP contribution in [0.5, 0.6) is 5.75 Å². The van der Waals surface area contributed by atoms with Crippen molar-refractivity contribution in [1.82, 2.24) is 19.6 Å². The highest BCUT2D eigenvalue weighted by atomic mass is 19.1. The third kappa shape index (κ3) is 4.00. The molecule has 6 nitrogen and oxygen atoms in total. The fourth-order valence-electron chi connectivity index (χ4n) is 3.77. The second-order valence-corrected chi connectivity index (χ2v) is 7.65. The highest BCUT2D eigenvalue weighted by Crippen LogP contribution is 2.24. The number of likely N-dealkylation sites (tertiary alicyclic amines) is 1. The van der Waals surface area contributed by atoms with Gasteiger partial charge in [0, 0.05) is 12.2 Å². The topological polar surface area (TPSA) is 58.9 Å². The second kappa shape index (κ2) is 8.39. The van der Waals surface area contributed by atoms with Crippen LogP contribution >= 0.6 is 0 Å². The van der Waals surface area contributed by atoms with E-state index < -0.39 is 11.6 Å². The summed E-state index contributed by atoms with van der Waals surface area (Å²) in [6, 6.07) is 7.19. The van der Waals surface area contributed by atoms with Crippen molar-refractivity contribution in [2.45, 2.75) is 32.4 Å². The number of halogens is 2. The zero-order valence-corrected chi connectivity index (χ0v) is 17.0. The van der Waals surface area contributed by atoms with Gasteiger partial charge in [0.25, 0.3) is 5.91 Å². The number of benzene rings is 1. The van der Waals surface area contributed by atoms with E-state index >= 15 is 0 Å². The predicted molar refractivity (Wildman–Crippen MR) is 109 cm³/mol. The van der Waals surface area contributed by atoms with E-state index in [1.165, 1.54) is 18.2 Å². The number of piperidine rings is 1. The van der Waals surface area contributed by atoms with Gasteiger partial charge in [-0.3, -0.25) is 9.20 Å². The number of rotatable bonds is 5. The zero-order chi connectivity index (χ0) is 21.3. The molecule has 158 valence electrons. The van der Waals surface area contributed by atoms with Crippen molar-refractivity contribution in [3.63, 3.8) is 0 Å². The molecule has 0 saturated carbocycles. The minimum atomic E-state index is -0.667. The largest absolute Gasteiger partial charge is 0.485 e. The molecule has 30 heavy (non-hydrogen) atoms. The molecule has 0 radical (unpaired) electrons. The molecule has 0 unspecified atom stereocenters. The van der Waals surface area contributed by atoms with Crippen LogP contribution in [0.25, 0.3) is 5.65 Å². The van der Waals surface area contributed by atoms with E-state index in [0.717, 1.165) is 25.9 Å². The maximum Gasteiger partial charge on any atom is 0.270 e. The summed E-state index contributed by atoms with van der Waals surface area (Å²) in [5.41, 5.74) is 1.28. The molecule has 1 aromatic carbocycles. The van der Waals surface area contributed by atoms with E-state index in [1.54, 1.807) is 29.7 Å². The molecule has 8 heteroatoms. The molecule has 0 bridgehead atoms. The van der Waals surface area contributed by atoms with E-state index in [9.17, 15) is 13.6 Å². The smallest absolute Gasteiger partial charge is 0.270 e. The molecule has 0 atom stereocenters. The Morgan fingerprint density at radius 1 is 1.20 bits per heavy atom. The molecule has 3 heterocycles. The van der Waals surface area contributed by atoms with Crippen molar-refractivity contribution in [2.75, 3.05) is 20.1 Å². The first kappa shape index (κ1) is 20.3. The second-order valence-electron chi connectivity index (χ2n) is 7.65. The van der Waals surface area contributed by atoms with E-state index in [4.69, 9.17) is 4.74 Å². The van der Waals surface area contributed by atoms with Gasteiger partial charge in [-0.2, -0.15) is 0 Å². The lowest BCUT2D eigenvalue weighted by Gasteiger charge is -2.29. The first-order chi connectivity index (χ1) is 14.4. The van der Waals surface area contributed by atoms with Gasteiger partial charge in [0.2, 0.25) is 0 Å². The summed E-state index contributed by atoms with van der Waals surface area (Å²) in [5, 5.41) is 3.10. The van der Waals surface area contributed by atoms with Crippen molar-refractivity contribution in [1.29, 1.82) is 0 Å². The summed E-state index contributed by atoms with van der Waals surface area (Å²) in [6.45, 7) is 3.38. The normalized spacial score (nSPS) is 15.5. The summed E-state index contributed by atoms with van der Waals surface area (Å²) >= 11 is 0. The van der Waals surface area contributed by atoms with Gasteiger partial charge < -0.3 is 15.0 Å². The molecular weight excluding hydrogens is 390 g/mol. The van der Waals surface area contributed by atoms with Crippen LogP contribution in [-0.2, 0) is 6.61 Å². The predicted octanol–water partition coefficient (Wildman–Crippen LogP) is 3.32. The van der Waals surface area contributed by atoms with Gasteiger partial charge in [-0.25, -0.2) is 13.8 Å². The number of fused-ring (bicyclic) bond motifs is 1. The van der Waals surface area contributed by atoms with E-state index in [0.29, 0.717) is 22.8 Å². The number of nitrogens with zero attached hydrogens (tertiary/aromatic N) is 3. The minimum Gasteiger partial charge on any atom is -0.485 e. The van der Waals surface area contributed by atoms with Gasteiger partial charge in [-0.15, -0.1) is 0 Å². The van der Waals surface area contributed by atoms with Crippen LogP contribution in [0.2, 0.25) is 0 Å². The third-order valence-corrected chi connectivity index (χ3v) is 5.49. The van der Waals surface area contributed by atoms with Crippen molar-refractivity contribution in [2.24, 2.45) is 0 Å². The minimum absolute atomic E-state index is 0.127. The van der Waals surface area contributed by atoms with Crippen LogP contribution in [0.4, 0.5) is 8.78 Å². The molecule has 1 saturated heterocycles. The first-order valence-electron chi connectivity index (χ1n) is 9.97. The molecular formula is C22H24F2N4O2. The van der Waals surface area contributed by atoms with E-state index in [1.807, 2.05) is 0 Å². The molecule has 1 aliphatic heterocycles. The Morgan fingerprint density at radius 2 is 1.90 bits per heavy atom. The molecule has 2 aromatic heterocycles. The maximum absolute atomic E-state index is 13.9. The van der Waals surface area contributed by atoms with Crippen LogP contribution in [-0.4, -0.2) is 46.4 Å². The summed E-state index contributed by atoms with van der Waals surface area (Å²) in [6.07, 6.45) is 3.54. The fourth-order valence-corrected chi connectivity index (χ4v) is 3.77. The van der Waals surface area contributed by atoms with Gasteiger partial charge in [-0.1, -0.05) is 6.07 Å². The van der Waals surface area contributed by atoms with Crippen molar-refractivity contribution in [3.8, 4) is 5.75 Å². The van der Waals surface area contributed by atoms with Gasteiger partial charge in [0.1, 0.15) is 23.9 Å². The van der Waals surface area contributed by atoms with E-state index in [-0.39, 0.29) is 24.1 Å². The monoisotopic (exact) mass is 414 g/mol. The standard InChI is InChI=1S/C22H24F2N4O2/c1-14-20(22(29)26-15-8-11-27(2)12-9-15)28-10-4-7-19(21(28)25-14)30-13-16-17(23)5-3-6-18(16)24/h3-7,10,15H,8-9,11-13H2,1-2H3,(H,26,29). The lowest BCUT2D eigenvalue weighted by atomic mass is 10.1. The third-order valence-electron chi connectivity index (χ3n) is 5.49. The number of pyridine rings is 1. The number of imidazole rings is 1. The number of amides is 1. The Bertz CT molecular complexity index is 1050. The SMILES string of the molecule is Cc1nc2c(OCc3c(F)cccc3F)cccn2c1C(=O)NC1CCN(C)CC1. The quantitative estimate of drug-likeness (QED) is 0.696. The molecule has 1 amide bonds. The Balaban J connectivity index is 1.56. The number of aromatic nitrogens is 2. The Labute approximate surface area is 173 Å². The fraction of sp³-hybridized carbons (Fsp3) is 0.364. The number of aryl methyl sites for hydroxylation is 1. The number of hydrogen-bond donors (Lipinski definition) is 1. The number of carbonyl (C=O) groups excluding carboxylic acids is 1. The zero-order valence-electron chi connectivity index (χ0n) is 17.0. The van der Waals surface area contributed by atoms with Gasteiger partial charge in [0.15, 0.2) is 11.4 Å². The Kier molecular flexibility index (Phi) is 5.67. The molecule has 1 N–H and O–H groups in total. The molecule has 0 aliphatic carbocycles. The average Bonchev–Trinajstić information content (AvgIpc) is 3.06. The Hall–Kier alpha value is -3.00. The number of ether oxygens (including phenoxy) is 1. The number of carbonyl (C=O) groups is 1. The maximum atomic E-state index is 13.9. The Morgan fingerprint density at radius 3 is 2.60 bits per heavy atom. The summed E-state index contributed by atoms with van der Waals surface area (Å²) < 4.78 is 35.1. The number of nitrogens with one attached hydrogen (secondary N) is 1. The molecule has 1 fully saturated rings. The van der Waals surface area contributed by atoms with Crippen molar-refractivity contribution in [3.05, 3.63) is 65.1 Å². The van der Waals surface area contributed by atoms with Crippen LogP contribution in [0.15, 0.2) is 36.5 Å². The lowest BCUT2D eigenvalue weighted by Crippen LogP contribution is -2.43. The summed E-state index contributed by atoms with van der Waals surface area (Å²) in [4.78, 5) is 19.7. The van der Waals surface area contributed by atoms with Crippen LogP contribution in [0, 0.1) is 18.6 Å². The van der Waals surface area contributed by atoms with Crippen molar-refractivity contribution < 1.29 is 18.3 Å². The molecule has 3 aromatic rings. The van der Waals surface area contributed by atoms with E-state index in [2.05, 4.69) is 22.2 Å². The average molecular weight is 414 g/mol. The van der Waals surface area contributed by atoms with Crippen LogP contribution in [0.1, 0.15) is 34.6 Å². The first-order valence-corrected chi connectivity index (χ1v) is 9.97. The van der Waals surface area contributed by atoms with Gasteiger partial charge in [0.05, 0.1) is 11.3 Å². The highest BCUT2D eigenvalue weighted by molar-refractivity contribution is 5.95. The molecule has 4 rings (SSSR count). The molecule has 1 aliphatic rings. The van der Waals surface area contributed by atoms with Gasteiger partial charge in [-0.05, 0) is 64.2 Å². The van der Waals surface area contributed by atoms with Crippen LogP contribution < -0.4 is 10.1 Å². The lowest BCUT2D eigenvalue weighted by molar-refractivity contribution is 0.0910. The highest BCUT2D eigenvalue weighted by Gasteiger charge is 2.23. The summed E-state index contributed by atoms with van der Waals surface area (Å²) in [7, 11) is 2.07. The van der Waals surface area contributed by atoms with Gasteiger partial charge >= 0.3 is 0 Å². The summed E-state index contributed by atoms with van der Waals surface area (Å²) in [5.74, 6) is -1.17. The van der Waals surface area contributed by atoms with Crippen LogP contribution in [0.3, 0.4) is 0 Å².